The minimum atomic E-state index is -0.170. The zero-order valence-corrected chi connectivity index (χ0v) is 11.5. The van der Waals surface area contributed by atoms with E-state index in [4.69, 9.17) is 4.42 Å². The molecule has 0 saturated carbocycles. The molecule has 0 bridgehead atoms. The highest BCUT2D eigenvalue weighted by molar-refractivity contribution is 5.72. The van der Waals surface area contributed by atoms with Crippen molar-refractivity contribution >= 4 is 0 Å². The van der Waals surface area contributed by atoms with Crippen LogP contribution < -0.4 is 0 Å². The number of hydrogen-bond donors (Lipinski definition) is 2. The van der Waals surface area contributed by atoms with Crippen LogP contribution in [0.3, 0.4) is 0 Å². The Balaban J connectivity index is 2.21. The highest BCUT2D eigenvalue weighted by atomic mass is 16.3. The van der Waals surface area contributed by atoms with Gasteiger partial charge < -0.3 is 14.6 Å². The smallest absolute Gasteiger partial charge is 0.140 e. The van der Waals surface area contributed by atoms with E-state index < -0.39 is 0 Å². The van der Waals surface area contributed by atoms with E-state index >= 15 is 0 Å². The molecule has 0 saturated heterocycles. The van der Waals surface area contributed by atoms with Crippen LogP contribution in [-0.2, 0) is 13.2 Å². The quantitative estimate of drug-likeness (QED) is 0.767. The molecule has 0 spiro atoms. The second kappa shape index (κ2) is 5.95. The maximum absolute atomic E-state index is 9.68. The van der Waals surface area contributed by atoms with Gasteiger partial charge in [-0.05, 0) is 0 Å². The van der Waals surface area contributed by atoms with Crippen molar-refractivity contribution in [1.29, 1.82) is 0 Å². The maximum Gasteiger partial charge on any atom is 0.140 e. The fraction of sp³-hybridized carbons (Fsp3) is 0.111. The summed E-state index contributed by atoms with van der Waals surface area (Å²) in [7, 11) is 0. The van der Waals surface area contributed by atoms with Crippen LogP contribution in [0.1, 0.15) is 11.1 Å². The Morgan fingerprint density at radius 3 is 1.33 bits per heavy atom. The average molecular weight is 280 g/mol. The lowest BCUT2D eigenvalue weighted by Crippen LogP contribution is -1.92. The summed E-state index contributed by atoms with van der Waals surface area (Å²) in [5, 5.41) is 19.4. The number of furan rings is 1. The number of rotatable bonds is 4. The highest BCUT2D eigenvalue weighted by Gasteiger charge is 2.21. The summed E-state index contributed by atoms with van der Waals surface area (Å²) in [6, 6.07) is 19.2. The maximum atomic E-state index is 9.68. The average Bonchev–Trinajstić information content (AvgIpc) is 2.95. The van der Waals surface area contributed by atoms with Crippen LogP contribution in [0.25, 0.3) is 22.6 Å². The molecule has 2 N–H and O–H groups in total. The first-order valence-corrected chi connectivity index (χ1v) is 6.82. The SMILES string of the molecule is OCc1c(-c2ccccc2)oc(-c2ccccc2)c1CO. The van der Waals surface area contributed by atoms with Crippen LogP contribution in [-0.4, -0.2) is 10.2 Å². The third-order valence-electron chi connectivity index (χ3n) is 3.50. The van der Waals surface area contributed by atoms with E-state index in [2.05, 4.69) is 0 Å². The molecule has 21 heavy (non-hydrogen) atoms. The molecule has 3 nitrogen and oxygen atoms in total. The molecular formula is C18H16O3. The fourth-order valence-corrected chi connectivity index (χ4v) is 2.48. The van der Waals surface area contributed by atoms with Crippen LogP contribution in [0.2, 0.25) is 0 Å². The molecule has 106 valence electrons. The molecule has 0 amide bonds. The predicted octanol–water partition coefficient (Wildman–Crippen LogP) is 3.60. The van der Waals surface area contributed by atoms with Gasteiger partial charge in [0.25, 0.3) is 0 Å². The molecule has 0 radical (unpaired) electrons. The number of aliphatic hydroxyl groups excluding tert-OH is 2. The molecule has 3 aromatic rings. The minimum absolute atomic E-state index is 0.170. The predicted molar refractivity (Wildman–Crippen MR) is 81.4 cm³/mol. The monoisotopic (exact) mass is 280 g/mol. The second-order valence-electron chi connectivity index (χ2n) is 4.77. The van der Waals surface area contributed by atoms with E-state index in [0.29, 0.717) is 22.6 Å². The van der Waals surface area contributed by atoms with E-state index in [1.807, 2.05) is 60.7 Å². The van der Waals surface area contributed by atoms with Crippen molar-refractivity contribution in [3.05, 3.63) is 71.8 Å². The molecule has 0 aliphatic carbocycles. The number of aliphatic hydroxyl groups is 2. The molecule has 3 heteroatoms. The normalized spacial score (nSPS) is 10.8. The Hall–Kier alpha value is -2.36. The Kier molecular flexibility index (Phi) is 3.86. The van der Waals surface area contributed by atoms with E-state index in [1.54, 1.807) is 0 Å². The first-order valence-electron chi connectivity index (χ1n) is 6.82. The van der Waals surface area contributed by atoms with E-state index in [-0.39, 0.29) is 13.2 Å². The fourth-order valence-electron chi connectivity index (χ4n) is 2.48. The Labute approximate surface area is 123 Å². The van der Waals surface area contributed by atoms with Crippen molar-refractivity contribution < 1.29 is 14.6 Å². The number of hydrogen-bond acceptors (Lipinski definition) is 3. The number of benzene rings is 2. The first kappa shape index (κ1) is 13.6. The third kappa shape index (κ3) is 2.49. The van der Waals surface area contributed by atoms with Gasteiger partial charge in [-0.1, -0.05) is 60.7 Å². The first-order chi connectivity index (χ1) is 10.3. The summed E-state index contributed by atoms with van der Waals surface area (Å²) in [5.41, 5.74) is 3.06. The summed E-state index contributed by atoms with van der Waals surface area (Å²) < 4.78 is 5.98. The molecular weight excluding hydrogens is 264 g/mol. The Bertz CT molecular complexity index is 653. The molecule has 2 aromatic carbocycles. The molecule has 0 aliphatic heterocycles. The Morgan fingerprint density at radius 2 is 1.00 bits per heavy atom. The zero-order chi connectivity index (χ0) is 14.7. The van der Waals surface area contributed by atoms with E-state index in [0.717, 1.165) is 11.1 Å². The van der Waals surface area contributed by atoms with Gasteiger partial charge in [-0.25, -0.2) is 0 Å². The summed E-state index contributed by atoms with van der Waals surface area (Å²) in [5.74, 6) is 1.22. The lowest BCUT2D eigenvalue weighted by Gasteiger charge is -2.01. The van der Waals surface area contributed by atoms with Crippen molar-refractivity contribution in [2.75, 3.05) is 0 Å². The lowest BCUT2D eigenvalue weighted by atomic mass is 10.0. The minimum Gasteiger partial charge on any atom is -0.455 e. The molecule has 0 unspecified atom stereocenters. The van der Waals surface area contributed by atoms with Crippen LogP contribution in [0.15, 0.2) is 65.1 Å². The van der Waals surface area contributed by atoms with Crippen molar-refractivity contribution in [3.63, 3.8) is 0 Å². The van der Waals surface area contributed by atoms with Gasteiger partial charge in [0.2, 0.25) is 0 Å². The van der Waals surface area contributed by atoms with Crippen LogP contribution in [0, 0.1) is 0 Å². The van der Waals surface area contributed by atoms with Gasteiger partial charge in [0.05, 0.1) is 13.2 Å². The summed E-state index contributed by atoms with van der Waals surface area (Å²) >= 11 is 0. The zero-order valence-electron chi connectivity index (χ0n) is 11.5. The molecule has 0 aliphatic rings. The molecule has 1 aromatic heterocycles. The van der Waals surface area contributed by atoms with Crippen molar-refractivity contribution in [3.8, 4) is 22.6 Å². The van der Waals surface area contributed by atoms with Gasteiger partial charge in [-0.3, -0.25) is 0 Å². The molecule has 0 atom stereocenters. The Morgan fingerprint density at radius 1 is 0.619 bits per heavy atom. The van der Waals surface area contributed by atoms with Gasteiger partial charge in [0, 0.05) is 22.3 Å². The van der Waals surface area contributed by atoms with Gasteiger partial charge >= 0.3 is 0 Å². The van der Waals surface area contributed by atoms with Gasteiger partial charge in [0.1, 0.15) is 11.5 Å². The van der Waals surface area contributed by atoms with Crippen molar-refractivity contribution in [2.24, 2.45) is 0 Å². The third-order valence-corrected chi connectivity index (χ3v) is 3.50. The van der Waals surface area contributed by atoms with E-state index in [9.17, 15) is 10.2 Å². The standard InChI is InChI=1S/C18H16O3/c19-11-15-16(12-20)18(14-9-5-2-6-10-14)21-17(15)13-7-3-1-4-8-13/h1-10,19-20H,11-12H2. The summed E-state index contributed by atoms with van der Waals surface area (Å²) in [4.78, 5) is 0. The van der Waals surface area contributed by atoms with Crippen molar-refractivity contribution in [1.82, 2.24) is 0 Å². The molecule has 0 fully saturated rings. The van der Waals surface area contributed by atoms with Crippen LogP contribution in [0.5, 0.6) is 0 Å². The van der Waals surface area contributed by atoms with Gasteiger partial charge in [0.15, 0.2) is 0 Å². The summed E-state index contributed by atoms with van der Waals surface area (Å²) in [6.07, 6.45) is 0. The van der Waals surface area contributed by atoms with Crippen LogP contribution in [0.4, 0.5) is 0 Å². The topological polar surface area (TPSA) is 53.6 Å². The lowest BCUT2D eigenvalue weighted by molar-refractivity contribution is 0.262. The van der Waals surface area contributed by atoms with Crippen molar-refractivity contribution in [2.45, 2.75) is 13.2 Å². The molecule has 1 heterocycles. The van der Waals surface area contributed by atoms with E-state index in [1.165, 1.54) is 0 Å². The van der Waals surface area contributed by atoms with Gasteiger partial charge in [-0.15, -0.1) is 0 Å². The highest BCUT2D eigenvalue weighted by Crippen LogP contribution is 2.37. The second-order valence-corrected chi connectivity index (χ2v) is 4.77. The summed E-state index contributed by atoms with van der Waals surface area (Å²) in [6.45, 7) is -0.340. The van der Waals surface area contributed by atoms with Gasteiger partial charge in [-0.2, -0.15) is 0 Å². The molecule has 3 rings (SSSR count). The van der Waals surface area contributed by atoms with Crippen LogP contribution >= 0.6 is 0 Å². The largest absolute Gasteiger partial charge is 0.455 e.